The average Bonchev–Trinajstić information content (AvgIpc) is 2.58. The third-order valence-electron chi connectivity index (χ3n) is 5.43. The van der Waals surface area contributed by atoms with Gasteiger partial charge in [0.25, 0.3) is 0 Å². The van der Waals surface area contributed by atoms with E-state index in [2.05, 4.69) is 11.0 Å². The first-order chi connectivity index (χ1) is 11.4. The number of halogens is 1. The molecule has 0 amide bonds. The summed E-state index contributed by atoms with van der Waals surface area (Å²) >= 11 is 0. The Labute approximate surface area is 142 Å². The van der Waals surface area contributed by atoms with Crippen molar-refractivity contribution in [3.8, 4) is 12.1 Å². The predicted octanol–water partition coefficient (Wildman–Crippen LogP) is 2.83. The van der Waals surface area contributed by atoms with Crippen LogP contribution in [0.3, 0.4) is 0 Å². The second kappa shape index (κ2) is 5.87. The van der Waals surface area contributed by atoms with E-state index in [0.717, 1.165) is 25.7 Å². The lowest BCUT2D eigenvalue weighted by atomic mass is 9.84. The molecule has 0 bridgehead atoms. The topological polar surface area (TPSA) is 57.3 Å². The van der Waals surface area contributed by atoms with E-state index in [-0.39, 0.29) is 23.3 Å². The zero-order valence-corrected chi connectivity index (χ0v) is 14.6. The zero-order chi connectivity index (χ0) is 17.6. The largest absolute Gasteiger partial charge is 0.374 e. The molecule has 0 N–H and O–H groups in total. The van der Waals surface area contributed by atoms with Crippen LogP contribution >= 0.6 is 0 Å². The van der Waals surface area contributed by atoms with Gasteiger partial charge in [-0.15, -0.1) is 0 Å². The summed E-state index contributed by atoms with van der Waals surface area (Å²) in [5.74, 6) is -0.604. The van der Waals surface area contributed by atoms with Gasteiger partial charge in [0.05, 0.1) is 17.1 Å². The highest BCUT2D eigenvalue weighted by Gasteiger charge is 2.42. The van der Waals surface area contributed by atoms with Gasteiger partial charge in [0.1, 0.15) is 23.3 Å². The lowest BCUT2D eigenvalue weighted by Crippen LogP contribution is -2.55. The van der Waals surface area contributed by atoms with Crippen molar-refractivity contribution < 1.29 is 4.39 Å². The van der Waals surface area contributed by atoms with Crippen LogP contribution in [0.5, 0.6) is 0 Å². The quantitative estimate of drug-likeness (QED) is 0.794. The second-order valence-electron chi connectivity index (χ2n) is 6.87. The third-order valence-corrected chi connectivity index (χ3v) is 5.43. The number of rotatable bonds is 1. The second-order valence-corrected chi connectivity index (χ2v) is 6.87. The fourth-order valence-electron chi connectivity index (χ4n) is 4.32. The van der Waals surface area contributed by atoms with E-state index >= 15 is 4.39 Å². The molecule has 1 aliphatic heterocycles. The molecule has 24 heavy (non-hydrogen) atoms. The van der Waals surface area contributed by atoms with Crippen LogP contribution in [-0.4, -0.2) is 40.3 Å². The Balaban J connectivity index is 2.37. The van der Waals surface area contributed by atoms with E-state index in [1.165, 1.54) is 0 Å². The Kier molecular flexibility index (Phi) is 4.01. The molecular formula is C18H22FN5. The SMILES string of the molecule is CN(C)c1c(F)c(C#N)c2c(c1C#N)N(C)C1CCCCC1N2C. The zero-order valence-electron chi connectivity index (χ0n) is 14.6. The van der Waals surface area contributed by atoms with Gasteiger partial charge in [0, 0.05) is 40.3 Å². The van der Waals surface area contributed by atoms with Crippen molar-refractivity contribution in [2.45, 2.75) is 37.8 Å². The highest BCUT2D eigenvalue weighted by Crippen LogP contribution is 2.49. The van der Waals surface area contributed by atoms with Gasteiger partial charge in [-0.05, 0) is 12.8 Å². The number of hydrogen-bond donors (Lipinski definition) is 0. The van der Waals surface area contributed by atoms with Gasteiger partial charge in [-0.25, -0.2) is 4.39 Å². The van der Waals surface area contributed by atoms with Crippen LogP contribution in [0.1, 0.15) is 36.8 Å². The maximum atomic E-state index is 15.0. The summed E-state index contributed by atoms with van der Waals surface area (Å²) in [5.41, 5.74) is 1.78. The van der Waals surface area contributed by atoms with Crippen molar-refractivity contribution in [1.82, 2.24) is 0 Å². The first-order valence-corrected chi connectivity index (χ1v) is 8.26. The van der Waals surface area contributed by atoms with Crippen LogP contribution in [0.25, 0.3) is 0 Å². The molecule has 0 aromatic heterocycles. The first kappa shape index (κ1) is 16.4. The van der Waals surface area contributed by atoms with Crippen molar-refractivity contribution in [2.24, 2.45) is 0 Å². The Morgan fingerprint density at radius 3 is 1.83 bits per heavy atom. The van der Waals surface area contributed by atoms with Gasteiger partial charge in [0.15, 0.2) is 5.82 Å². The first-order valence-electron chi connectivity index (χ1n) is 8.26. The molecule has 3 rings (SSSR count). The molecule has 1 aromatic rings. The molecule has 5 nitrogen and oxygen atoms in total. The summed E-state index contributed by atoms with van der Waals surface area (Å²) < 4.78 is 15.0. The van der Waals surface area contributed by atoms with Crippen LogP contribution in [0.4, 0.5) is 21.5 Å². The van der Waals surface area contributed by atoms with Crippen molar-refractivity contribution >= 4 is 17.1 Å². The third kappa shape index (κ3) is 2.10. The summed E-state index contributed by atoms with van der Waals surface area (Å²) in [4.78, 5) is 5.71. The van der Waals surface area contributed by atoms with Crippen molar-refractivity contribution in [2.75, 3.05) is 42.9 Å². The number of fused-ring (bicyclic) bond motifs is 2. The Morgan fingerprint density at radius 2 is 1.42 bits per heavy atom. The van der Waals surface area contributed by atoms with E-state index in [1.807, 2.05) is 25.1 Å². The molecule has 1 fully saturated rings. The summed E-state index contributed by atoms with van der Waals surface area (Å²) in [6.45, 7) is 0. The fourth-order valence-corrected chi connectivity index (χ4v) is 4.32. The predicted molar refractivity (Wildman–Crippen MR) is 93.0 cm³/mol. The molecule has 1 aliphatic carbocycles. The van der Waals surface area contributed by atoms with Crippen molar-refractivity contribution in [3.63, 3.8) is 0 Å². The van der Waals surface area contributed by atoms with Crippen LogP contribution in [0.2, 0.25) is 0 Å². The van der Waals surface area contributed by atoms with E-state index < -0.39 is 5.82 Å². The van der Waals surface area contributed by atoms with Crippen LogP contribution in [0.15, 0.2) is 0 Å². The summed E-state index contributed by atoms with van der Waals surface area (Å²) in [7, 11) is 7.28. The molecule has 6 heteroatoms. The minimum atomic E-state index is -0.604. The van der Waals surface area contributed by atoms with E-state index in [4.69, 9.17) is 0 Å². The van der Waals surface area contributed by atoms with Gasteiger partial charge >= 0.3 is 0 Å². The number of nitrogens with zero attached hydrogens (tertiary/aromatic N) is 5. The molecule has 2 aliphatic rings. The number of hydrogen-bond acceptors (Lipinski definition) is 5. The van der Waals surface area contributed by atoms with Gasteiger partial charge in [-0.3, -0.25) is 0 Å². The molecule has 1 heterocycles. The normalized spacial score (nSPS) is 22.3. The van der Waals surface area contributed by atoms with Gasteiger partial charge in [-0.1, -0.05) is 12.8 Å². The Bertz CT molecular complexity index is 758. The summed E-state index contributed by atoms with van der Waals surface area (Å²) in [5, 5.41) is 19.3. The van der Waals surface area contributed by atoms with Crippen molar-refractivity contribution in [1.29, 1.82) is 10.5 Å². The molecule has 2 atom stereocenters. The van der Waals surface area contributed by atoms with Crippen LogP contribution in [-0.2, 0) is 0 Å². The number of likely N-dealkylation sites (N-methyl/N-ethyl adjacent to an activating group) is 2. The average molecular weight is 327 g/mol. The van der Waals surface area contributed by atoms with E-state index in [9.17, 15) is 10.5 Å². The molecule has 126 valence electrons. The van der Waals surface area contributed by atoms with Gasteiger partial charge in [-0.2, -0.15) is 10.5 Å². The van der Waals surface area contributed by atoms with Gasteiger partial charge < -0.3 is 14.7 Å². The fraction of sp³-hybridized carbons (Fsp3) is 0.556. The monoisotopic (exact) mass is 327 g/mol. The minimum Gasteiger partial charge on any atom is -0.374 e. The summed E-state index contributed by atoms with van der Waals surface area (Å²) in [6.07, 6.45) is 4.37. The van der Waals surface area contributed by atoms with Crippen molar-refractivity contribution in [3.05, 3.63) is 16.9 Å². The molecule has 1 saturated carbocycles. The van der Waals surface area contributed by atoms with Gasteiger partial charge in [0.2, 0.25) is 0 Å². The van der Waals surface area contributed by atoms with E-state index in [1.54, 1.807) is 19.0 Å². The molecule has 0 spiro atoms. The number of anilines is 3. The molecular weight excluding hydrogens is 305 g/mol. The lowest BCUT2D eigenvalue weighted by molar-refractivity contribution is 0.353. The maximum Gasteiger partial charge on any atom is 0.167 e. The molecule has 0 radical (unpaired) electrons. The molecule has 1 aromatic carbocycles. The highest BCUT2D eigenvalue weighted by atomic mass is 19.1. The Hall–Kier alpha value is -2.47. The van der Waals surface area contributed by atoms with Crippen LogP contribution < -0.4 is 14.7 Å². The number of benzene rings is 1. The number of nitriles is 2. The molecule has 0 saturated heterocycles. The summed E-state index contributed by atoms with van der Waals surface area (Å²) in [6, 6.07) is 4.76. The van der Waals surface area contributed by atoms with Crippen LogP contribution in [0, 0.1) is 28.5 Å². The lowest BCUT2D eigenvalue weighted by Gasteiger charge is -2.50. The highest BCUT2D eigenvalue weighted by molar-refractivity contribution is 5.90. The van der Waals surface area contributed by atoms with E-state index in [0.29, 0.717) is 16.9 Å². The minimum absolute atomic E-state index is 0.0334. The smallest absolute Gasteiger partial charge is 0.167 e. The Morgan fingerprint density at radius 1 is 0.958 bits per heavy atom. The standard InChI is InChI=1S/C18H22FN5/c1-22(2)16-12(10-21)18-17(11(9-20)15(16)19)23(3)13-7-5-6-8-14(13)24(18)4/h13-14H,5-8H2,1-4H3. The maximum absolute atomic E-state index is 15.0. The molecule has 2 unspecified atom stereocenters.